The van der Waals surface area contributed by atoms with Gasteiger partial charge in [0.25, 0.3) is 0 Å². The molecular formula is C14H19NO. The van der Waals surface area contributed by atoms with Crippen molar-refractivity contribution in [3.8, 4) is 0 Å². The number of carbonyl (C=O) groups is 1. The third-order valence-corrected chi connectivity index (χ3v) is 3.18. The van der Waals surface area contributed by atoms with E-state index >= 15 is 0 Å². The van der Waals surface area contributed by atoms with Crippen molar-refractivity contribution >= 4 is 11.6 Å². The molecule has 2 rings (SSSR count). The molecule has 2 nitrogen and oxygen atoms in total. The van der Waals surface area contributed by atoms with Crippen LogP contribution in [-0.2, 0) is 16.6 Å². The molecule has 0 aromatic heterocycles. The van der Waals surface area contributed by atoms with Crippen molar-refractivity contribution in [2.75, 3.05) is 11.4 Å². The summed E-state index contributed by atoms with van der Waals surface area (Å²) in [5.41, 5.74) is 3.83. The van der Waals surface area contributed by atoms with E-state index in [1.165, 1.54) is 11.1 Å². The van der Waals surface area contributed by atoms with Crippen molar-refractivity contribution in [1.82, 2.24) is 0 Å². The molecule has 1 aromatic carbocycles. The average Bonchev–Trinajstić information content (AvgIpc) is 2.58. The molecule has 0 atom stereocenters. The van der Waals surface area contributed by atoms with E-state index in [4.69, 9.17) is 0 Å². The van der Waals surface area contributed by atoms with E-state index in [0.717, 1.165) is 18.7 Å². The Bertz CT molecular complexity index is 429. The topological polar surface area (TPSA) is 20.3 Å². The number of fused-ring (bicyclic) bond motifs is 1. The second-order valence-corrected chi connectivity index (χ2v) is 5.48. The summed E-state index contributed by atoms with van der Waals surface area (Å²) in [6.07, 6.45) is 0.985. The largest absolute Gasteiger partial charge is 0.312 e. The minimum atomic E-state index is 0.0867. The highest BCUT2D eigenvalue weighted by Gasteiger charge is 2.29. The van der Waals surface area contributed by atoms with Gasteiger partial charge in [-0.25, -0.2) is 0 Å². The maximum Gasteiger partial charge on any atom is 0.223 e. The van der Waals surface area contributed by atoms with Gasteiger partial charge >= 0.3 is 0 Å². The normalized spacial score (nSPS) is 15.1. The van der Waals surface area contributed by atoms with Gasteiger partial charge in [-0.15, -0.1) is 0 Å². The Labute approximate surface area is 97.3 Å². The van der Waals surface area contributed by atoms with Gasteiger partial charge in [0.2, 0.25) is 5.91 Å². The van der Waals surface area contributed by atoms with Crippen LogP contribution in [0.3, 0.4) is 0 Å². The number of para-hydroxylation sites is 1. The molecule has 16 heavy (non-hydrogen) atoms. The molecule has 1 heterocycles. The molecule has 1 amide bonds. The molecule has 1 aliphatic rings. The van der Waals surface area contributed by atoms with Gasteiger partial charge in [-0.2, -0.15) is 0 Å². The van der Waals surface area contributed by atoms with Crippen LogP contribution in [0.5, 0.6) is 0 Å². The summed E-state index contributed by atoms with van der Waals surface area (Å²) in [7, 11) is 0. The summed E-state index contributed by atoms with van der Waals surface area (Å²) in [6.45, 7) is 9.06. The molecule has 0 fully saturated rings. The summed E-state index contributed by atoms with van der Waals surface area (Å²) >= 11 is 0. The van der Waals surface area contributed by atoms with E-state index in [-0.39, 0.29) is 11.3 Å². The summed E-state index contributed by atoms with van der Waals surface area (Å²) in [4.78, 5) is 13.5. The molecule has 1 aromatic rings. The Balaban J connectivity index is 2.58. The van der Waals surface area contributed by atoms with E-state index in [9.17, 15) is 4.79 Å². The van der Waals surface area contributed by atoms with E-state index in [0.29, 0.717) is 0 Å². The van der Waals surface area contributed by atoms with Crippen LogP contribution in [0.15, 0.2) is 18.2 Å². The average molecular weight is 217 g/mol. The standard InChI is InChI=1S/C14H19NO/c1-10(16)15-9-8-11-6-5-7-12(13(11)15)14(2,3)4/h5-7H,8-9H2,1-4H3. The smallest absolute Gasteiger partial charge is 0.223 e. The van der Waals surface area contributed by atoms with Gasteiger partial charge in [0.15, 0.2) is 0 Å². The van der Waals surface area contributed by atoms with Crippen molar-refractivity contribution in [2.45, 2.75) is 39.5 Å². The maximum absolute atomic E-state index is 11.6. The highest BCUT2D eigenvalue weighted by atomic mass is 16.2. The zero-order chi connectivity index (χ0) is 11.9. The lowest BCUT2D eigenvalue weighted by Crippen LogP contribution is -2.28. The van der Waals surface area contributed by atoms with E-state index in [1.807, 2.05) is 4.90 Å². The molecular weight excluding hydrogens is 198 g/mol. The number of rotatable bonds is 0. The van der Waals surface area contributed by atoms with Gasteiger partial charge in [-0.1, -0.05) is 39.0 Å². The fraction of sp³-hybridized carbons (Fsp3) is 0.500. The van der Waals surface area contributed by atoms with Gasteiger partial charge < -0.3 is 4.90 Å². The molecule has 0 saturated heterocycles. The van der Waals surface area contributed by atoms with Crippen molar-refractivity contribution in [1.29, 1.82) is 0 Å². The summed E-state index contributed by atoms with van der Waals surface area (Å²) < 4.78 is 0. The second kappa shape index (κ2) is 3.62. The van der Waals surface area contributed by atoms with Crippen LogP contribution >= 0.6 is 0 Å². The first-order valence-corrected chi connectivity index (χ1v) is 5.82. The lowest BCUT2D eigenvalue weighted by atomic mass is 9.84. The molecule has 1 aliphatic heterocycles. The highest BCUT2D eigenvalue weighted by Crippen LogP contribution is 2.38. The van der Waals surface area contributed by atoms with Gasteiger partial charge in [0.1, 0.15) is 0 Å². The minimum Gasteiger partial charge on any atom is -0.312 e. The lowest BCUT2D eigenvalue weighted by Gasteiger charge is -2.26. The molecule has 0 unspecified atom stereocenters. The Hall–Kier alpha value is -1.31. The molecule has 0 N–H and O–H groups in total. The Morgan fingerprint density at radius 2 is 2.00 bits per heavy atom. The molecule has 0 radical (unpaired) electrons. The maximum atomic E-state index is 11.6. The number of anilines is 1. The SMILES string of the molecule is CC(=O)N1CCc2cccc(C(C)(C)C)c21. The molecule has 0 saturated carbocycles. The van der Waals surface area contributed by atoms with E-state index in [2.05, 4.69) is 39.0 Å². The van der Waals surface area contributed by atoms with Crippen molar-refractivity contribution < 1.29 is 4.79 Å². The van der Waals surface area contributed by atoms with Crippen LogP contribution in [0.1, 0.15) is 38.8 Å². The van der Waals surface area contributed by atoms with Crippen LogP contribution in [0.25, 0.3) is 0 Å². The number of hydrogen-bond acceptors (Lipinski definition) is 1. The summed E-state index contributed by atoms with van der Waals surface area (Å²) in [5, 5.41) is 0. The van der Waals surface area contributed by atoms with E-state index < -0.39 is 0 Å². The lowest BCUT2D eigenvalue weighted by molar-refractivity contribution is -0.116. The van der Waals surface area contributed by atoms with E-state index in [1.54, 1.807) is 6.92 Å². The monoisotopic (exact) mass is 217 g/mol. The van der Waals surface area contributed by atoms with Gasteiger partial charge in [0.05, 0.1) is 5.69 Å². The van der Waals surface area contributed by atoms with Crippen molar-refractivity contribution in [3.05, 3.63) is 29.3 Å². The number of carbonyl (C=O) groups excluding carboxylic acids is 1. The van der Waals surface area contributed by atoms with Gasteiger partial charge in [-0.3, -0.25) is 4.79 Å². The number of amides is 1. The molecule has 86 valence electrons. The molecule has 0 bridgehead atoms. The highest BCUT2D eigenvalue weighted by molar-refractivity contribution is 5.95. The Kier molecular flexibility index (Phi) is 2.53. The second-order valence-electron chi connectivity index (χ2n) is 5.48. The number of hydrogen-bond donors (Lipinski definition) is 0. The number of nitrogens with zero attached hydrogens (tertiary/aromatic N) is 1. The first kappa shape index (κ1) is 11.2. The van der Waals surface area contributed by atoms with Crippen LogP contribution in [0, 0.1) is 0 Å². The molecule has 0 aliphatic carbocycles. The first-order chi connectivity index (χ1) is 7.41. The zero-order valence-corrected chi connectivity index (χ0v) is 10.5. The third kappa shape index (κ3) is 1.73. The minimum absolute atomic E-state index is 0.0867. The quantitative estimate of drug-likeness (QED) is 0.654. The third-order valence-electron chi connectivity index (χ3n) is 3.18. The molecule has 0 spiro atoms. The predicted molar refractivity (Wildman–Crippen MR) is 66.9 cm³/mol. The fourth-order valence-corrected chi connectivity index (χ4v) is 2.38. The van der Waals surface area contributed by atoms with Crippen LogP contribution in [-0.4, -0.2) is 12.5 Å². The summed E-state index contributed by atoms with van der Waals surface area (Å²) in [5.74, 6) is 0.149. The van der Waals surface area contributed by atoms with Crippen LogP contribution in [0.4, 0.5) is 5.69 Å². The first-order valence-electron chi connectivity index (χ1n) is 5.82. The van der Waals surface area contributed by atoms with Gasteiger partial charge in [0, 0.05) is 13.5 Å². The fourth-order valence-electron chi connectivity index (χ4n) is 2.38. The number of benzene rings is 1. The van der Waals surface area contributed by atoms with Crippen LogP contribution < -0.4 is 4.90 Å². The van der Waals surface area contributed by atoms with Crippen LogP contribution in [0.2, 0.25) is 0 Å². The Morgan fingerprint density at radius 3 is 2.56 bits per heavy atom. The van der Waals surface area contributed by atoms with Crippen molar-refractivity contribution in [2.24, 2.45) is 0 Å². The van der Waals surface area contributed by atoms with Gasteiger partial charge in [-0.05, 0) is 23.0 Å². The molecule has 2 heteroatoms. The Morgan fingerprint density at radius 1 is 1.31 bits per heavy atom. The van der Waals surface area contributed by atoms with Crippen molar-refractivity contribution in [3.63, 3.8) is 0 Å². The summed E-state index contributed by atoms with van der Waals surface area (Å²) in [6, 6.07) is 6.37. The predicted octanol–water partition coefficient (Wildman–Crippen LogP) is 2.89. The zero-order valence-electron chi connectivity index (χ0n) is 10.5.